The summed E-state index contributed by atoms with van der Waals surface area (Å²) in [4.78, 5) is 0. The molecule has 0 atom stereocenters. The van der Waals surface area contributed by atoms with Crippen LogP contribution in [0.4, 0.5) is 13.2 Å². The summed E-state index contributed by atoms with van der Waals surface area (Å²) in [5, 5.41) is 8.78. The smallest absolute Gasteiger partial charge is 0.200 e. The molecule has 5 heteroatoms. The fourth-order valence-corrected chi connectivity index (χ4v) is 1.63. The SMILES string of the molecule is Oc1ccc(-c2cccc(Cl)c2F)c(F)c1F. The van der Waals surface area contributed by atoms with Gasteiger partial charge >= 0.3 is 0 Å². The Morgan fingerprint density at radius 3 is 2.18 bits per heavy atom. The van der Waals surface area contributed by atoms with Crippen LogP contribution in [0.25, 0.3) is 11.1 Å². The molecule has 88 valence electrons. The molecule has 17 heavy (non-hydrogen) atoms. The number of phenols is 1. The summed E-state index contributed by atoms with van der Waals surface area (Å²) >= 11 is 5.55. The molecule has 0 aromatic heterocycles. The van der Waals surface area contributed by atoms with Crippen LogP contribution in [0.5, 0.6) is 5.75 Å². The van der Waals surface area contributed by atoms with Gasteiger partial charge in [0.15, 0.2) is 11.6 Å². The number of aromatic hydroxyl groups is 1. The highest BCUT2D eigenvalue weighted by Crippen LogP contribution is 2.32. The van der Waals surface area contributed by atoms with E-state index in [2.05, 4.69) is 0 Å². The second kappa shape index (κ2) is 4.30. The lowest BCUT2D eigenvalue weighted by molar-refractivity contribution is 0.408. The largest absolute Gasteiger partial charge is 0.505 e. The van der Waals surface area contributed by atoms with E-state index >= 15 is 0 Å². The van der Waals surface area contributed by atoms with E-state index in [9.17, 15) is 13.2 Å². The Kier molecular flexibility index (Phi) is 2.98. The van der Waals surface area contributed by atoms with Gasteiger partial charge < -0.3 is 5.11 Å². The van der Waals surface area contributed by atoms with E-state index in [0.717, 1.165) is 12.1 Å². The first kappa shape index (κ1) is 11.8. The molecule has 2 rings (SSSR count). The van der Waals surface area contributed by atoms with Crippen molar-refractivity contribution in [1.82, 2.24) is 0 Å². The maximum atomic E-state index is 13.6. The molecule has 0 aliphatic heterocycles. The first-order valence-electron chi connectivity index (χ1n) is 4.63. The summed E-state index contributed by atoms with van der Waals surface area (Å²) < 4.78 is 40.3. The molecule has 0 bridgehead atoms. The van der Waals surface area contributed by atoms with E-state index in [1.807, 2.05) is 0 Å². The van der Waals surface area contributed by atoms with E-state index in [1.54, 1.807) is 0 Å². The Balaban J connectivity index is 2.69. The number of hydrogen-bond acceptors (Lipinski definition) is 1. The molecule has 0 radical (unpaired) electrons. The molecular weight excluding hydrogens is 253 g/mol. The Morgan fingerprint density at radius 1 is 0.824 bits per heavy atom. The Hall–Kier alpha value is -1.68. The summed E-state index contributed by atoms with van der Waals surface area (Å²) in [6.07, 6.45) is 0. The van der Waals surface area contributed by atoms with Crippen molar-refractivity contribution in [2.24, 2.45) is 0 Å². The van der Waals surface area contributed by atoms with Gasteiger partial charge in [-0.3, -0.25) is 0 Å². The minimum Gasteiger partial charge on any atom is -0.505 e. The fraction of sp³-hybridized carbons (Fsp3) is 0. The van der Waals surface area contributed by atoms with Crippen LogP contribution < -0.4 is 0 Å². The standard InChI is InChI=1S/C12H6ClF3O/c13-8-3-1-2-6(10(8)14)7-4-5-9(17)12(16)11(7)15/h1-5,17H. The van der Waals surface area contributed by atoms with Gasteiger partial charge in [-0.1, -0.05) is 23.7 Å². The van der Waals surface area contributed by atoms with Gasteiger partial charge in [-0.15, -0.1) is 0 Å². The third-order valence-electron chi connectivity index (χ3n) is 2.30. The lowest BCUT2D eigenvalue weighted by atomic mass is 10.0. The average molecular weight is 259 g/mol. The van der Waals surface area contributed by atoms with Crippen molar-refractivity contribution in [3.8, 4) is 16.9 Å². The van der Waals surface area contributed by atoms with Crippen molar-refractivity contribution < 1.29 is 18.3 Å². The topological polar surface area (TPSA) is 20.2 Å². The van der Waals surface area contributed by atoms with Gasteiger partial charge in [-0.25, -0.2) is 8.78 Å². The summed E-state index contributed by atoms with van der Waals surface area (Å²) in [7, 11) is 0. The highest BCUT2D eigenvalue weighted by molar-refractivity contribution is 6.31. The van der Waals surface area contributed by atoms with E-state index < -0.39 is 23.2 Å². The lowest BCUT2D eigenvalue weighted by Gasteiger charge is -2.07. The number of rotatable bonds is 1. The predicted molar refractivity (Wildman–Crippen MR) is 58.4 cm³/mol. The van der Waals surface area contributed by atoms with Gasteiger partial charge in [-0.05, 0) is 18.2 Å². The summed E-state index contributed by atoms with van der Waals surface area (Å²) in [5.41, 5.74) is -0.450. The Labute approximate surface area is 100 Å². The minimum atomic E-state index is -1.41. The van der Waals surface area contributed by atoms with Crippen LogP contribution in [0, 0.1) is 17.5 Å². The molecule has 2 aromatic rings. The monoisotopic (exact) mass is 258 g/mol. The van der Waals surface area contributed by atoms with Crippen LogP contribution in [0.3, 0.4) is 0 Å². The van der Waals surface area contributed by atoms with E-state index in [-0.39, 0.29) is 16.1 Å². The van der Waals surface area contributed by atoms with Crippen molar-refractivity contribution in [3.63, 3.8) is 0 Å². The molecule has 0 spiro atoms. The van der Waals surface area contributed by atoms with Crippen LogP contribution in [0.1, 0.15) is 0 Å². The molecule has 0 heterocycles. The number of phenolic OH excluding ortho intramolecular Hbond substituents is 1. The molecule has 1 nitrogen and oxygen atoms in total. The summed E-state index contributed by atoms with van der Waals surface area (Å²) in [6.45, 7) is 0. The zero-order valence-corrected chi connectivity index (χ0v) is 9.10. The van der Waals surface area contributed by atoms with Gasteiger partial charge in [0.05, 0.1) is 5.02 Å². The normalized spacial score (nSPS) is 10.6. The third kappa shape index (κ3) is 1.96. The molecule has 1 N–H and O–H groups in total. The quantitative estimate of drug-likeness (QED) is 0.815. The van der Waals surface area contributed by atoms with E-state index in [4.69, 9.17) is 16.7 Å². The Bertz CT molecular complexity index is 584. The first-order chi connectivity index (χ1) is 8.02. The van der Waals surface area contributed by atoms with Gasteiger partial charge in [0.1, 0.15) is 5.82 Å². The zero-order valence-electron chi connectivity index (χ0n) is 8.35. The van der Waals surface area contributed by atoms with Crippen molar-refractivity contribution in [2.75, 3.05) is 0 Å². The highest BCUT2D eigenvalue weighted by Gasteiger charge is 2.17. The summed E-state index contributed by atoms with van der Waals surface area (Å²) in [5.74, 6) is -4.39. The molecule has 0 amide bonds. The predicted octanol–water partition coefficient (Wildman–Crippen LogP) is 4.13. The molecule has 0 saturated carbocycles. The second-order valence-electron chi connectivity index (χ2n) is 3.36. The molecule has 0 saturated heterocycles. The van der Waals surface area contributed by atoms with Crippen molar-refractivity contribution in [2.45, 2.75) is 0 Å². The average Bonchev–Trinajstić information content (AvgIpc) is 2.31. The van der Waals surface area contributed by atoms with Crippen LogP contribution in [0.15, 0.2) is 30.3 Å². The van der Waals surface area contributed by atoms with Gasteiger partial charge in [0.2, 0.25) is 5.82 Å². The maximum Gasteiger partial charge on any atom is 0.200 e. The van der Waals surface area contributed by atoms with Gasteiger partial charge in [0.25, 0.3) is 0 Å². The number of halogens is 4. The van der Waals surface area contributed by atoms with Crippen molar-refractivity contribution in [1.29, 1.82) is 0 Å². The van der Waals surface area contributed by atoms with Crippen LogP contribution in [-0.2, 0) is 0 Å². The fourth-order valence-electron chi connectivity index (χ4n) is 1.46. The van der Waals surface area contributed by atoms with Crippen LogP contribution >= 0.6 is 11.6 Å². The Morgan fingerprint density at radius 2 is 1.47 bits per heavy atom. The minimum absolute atomic E-state index is 0.158. The summed E-state index contributed by atoms with van der Waals surface area (Å²) in [6, 6.07) is 6.03. The number of benzene rings is 2. The lowest BCUT2D eigenvalue weighted by Crippen LogP contribution is -1.93. The van der Waals surface area contributed by atoms with Crippen molar-refractivity contribution in [3.05, 3.63) is 52.8 Å². The molecule has 0 aliphatic carbocycles. The maximum absolute atomic E-state index is 13.6. The molecule has 0 unspecified atom stereocenters. The molecule has 0 aliphatic rings. The van der Waals surface area contributed by atoms with Crippen LogP contribution in [-0.4, -0.2) is 5.11 Å². The second-order valence-corrected chi connectivity index (χ2v) is 3.77. The first-order valence-corrected chi connectivity index (χ1v) is 5.01. The highest BCUT2D eigenvalue weighted by atomic mass is 35.5. The van der Waals surface area contributed by atoms with E-state index in [0.29, 0.717) is 0 Å². The van der Waals surface area contributed by atoms with Gasteiger partial charge in [-0.2, -0.15) is 4.39 Å². The van der Waals surface area contributed by atoms with Gasteiger partial charge in [0, 0.05) is 11.1 Å². The van der Waals surface area contributed by atoms with Crippen molar-refractivity contribution >= 4 is 11.6 Å². The zero-order chi connectivity index (χ0) is 12.6. The third-order valence-corrected chi connectivity index (χ3v) is 2.60. The number of hydrogen-bond donors (Lipinski definition) is 1. The molecule has 2 aromatic carbocycles. The van der Waals surface area contributed by atoms with E-state index in [1.165, 1.54) is 18.2 Å². The molecular formula is C12H6ClF3O. The van der Waals surface area contributed by atoms with Crippen LogP contribution in [0.2, 0.25) is 5.02 Å². The molecule has 0 fully saturated rings.